The van der Waals surface area contributed by atoms with Crippen LogP contribution in [0.15, 0.2) is 0 Å². The quantitative estimate of drug-likeness (QED) is 0.651. The molecule has 0 bridgehead atoms. The molecule has 0 saturated heterocycles. The maximum atomic E-state index is 11.7. The number of hydrogen-bond acceptors (Lipinski definition) is 2. The summed E-state index contributed by atoms with van der Waals surface area (Å²) in [7, 11) is 1.55. The smallest absolute Gasteiger partial charge is 0.115 e. The van der Waals surface area contributed by atoms with Crippen LogP contribution < -0.4 is 0 Å². The van der Waals surface area contributed by atoms with Gasteiger partial charge in [0.05, 0.1) is 11.7 Å². The van der Waals surface area contributed by atoms with E-state index in [0.717, 1.165) is 0 Å². The van der Waals surface area contributed by atoms with Crippen molar-refractivity contribution in [1.29, 1.82) is 0 Å². The monoisotopic (exact) mass is 150 g/mol. The molecular formula is C7H15FO2. The minimum atomic E-state index is -0.894. The van der Waals surface area contributed by atoms with Crippen molar-refractivity contribution in [3.63, 3.8) is 0 Å². The summed E-state index contributed by atoms with van der Waals surface area (Å²) in [5, 5.41) is 8.87. The summed E-state index contributed by atoms with van der Waals surface area (Å²) < 4.78 is 16.7. The number of rotatable bonds is 4. The summed E-state index contributed by atoms with van der Waals surface area (Å²) in [6, 6.07) is 0. The lowest BCUT2D eigenvalue weighted by atomic mass is 10.0. The Morgan fingerprint density at radius 2 is 2.10 bits per heavy atom. The van der Waals surface area contributed by atoms with Crippen LogP contribution in [0.25, 0.3) is 0 Å². The molecule has 0 saturated carbocycles. The molecule has 0 aliphatic carbocycles. The van der Waals surface area contributed by atoms with E-state index in [9.17, 15) is 4.39 Å². The van der Waals surface area contributed by atoms with Gasteiger partial charge in [0.25, 0.3) is 0 Å². The lowest BCUT2D eigenvalue weighted by Gasteiger charge is -2.24. The minimum Gasteiger partial charge on any atom is -0.390 e. The van der Waals surface area contributed by atoms with Crippen LogP contribution in [0.5, 0.6) is 0 Å². The van der Waals surface area contributed by atoms with E-state index in [0.29, 0.717) is 6.42 Å². The molecule has 0 aliphatic rings. The van der Waals surface area contributed by atoms with Crippen LogP contribution in [0.4, 0.5) is 4.39 Å². The largest absolute Gasteiger partial charge is 0.390 e. The van der Waals surface area contributed by atoms with Crippen molar-refractivity contribution in [2.24, 2.45) is 0 Å². The maximum Gasteiger partial charge on any atom is 0.115 e. The predicted molar refractivity (Wildman–Crippen MR) is 37.7 cm³/mol. The molecule has 0 fully saturated rings. The number of halogens is 1. The minimum absolute atomic E-state index is 0.333. The molecule has 0 aliphatic heterocycles. The first-order valence-corrected chi connectivity index (χ1v) is 3.31. The molecule has 0 aromatic heterocycles. The van der Waals surface area contributed by atoms with Crippen molar-refractivity contribution in [2.75, 3.05) is 13.8 Å². The Kier molecular flexibility index (Phi) is 3.83. The van der Waals surface area contributed by atoms with Gasteiger partial charge in [-0.15, -0.1) is 0 Å². The van der Waals surface area contributed by atoms with Gasteiger partial charge in [-0.05, 0) is 13.8 Å². The van der Waals surface area contributed by atoms with Crippen LogP contribution in [0.3, 0.4) is 0 Å². The highest BCUT2D eigenvalue weighted by atomic mass is 19.1. The normalized spacial score (nSPS) is 15.3. The summed E-state index contributed by atoms with van der Waals surface area (Å²) in [6.45, 7) is 2.92. The van der Waals surface area contributed by atoms with Gasteiger partial charge in [-0.1, -0.05) is 0 Å². The summed E-state index contributed by atoms with van der Waals surface area (Å²) in [5.41, 5.74) is -0.425. The van der Waals surface area contributed by atoms with Gasteiger partial charge in [0, 0.05) is 13.5 Å². The molecule has 62 valence electrons. The standard InChI is InChI=1S/C7H15FO2/c1-7(2,10-3)4-6(9)5-8/h6,9H,4-5H2,1-3H3. The van der Waals surface area contributed by atoms with E-state index in [4.69, 9.17) is 9.84 Å². The molecule has 1 N–H and O–H groups in total. The number of aliphatic hydroxyl groups excluding tert-OH is 1. The molecule has 3 heteroatoms. The first-order valence-electron chi connectivity index (χ1n) is 3.31. The van der Waals surface area contributed by atoms with Gasteiger partial charge in [0.2, 0.25) is 0 Å². The van der Waals surface area contributed by atoms with Crippen molar-refractivity contribution in [3.05, 3.63) is 0 Å². The molecule has 0 aromatic rings. The third-order valence-electron chi connectivity index (χ3n) is 1.46. The van der Waals surface area contributed by atoms with Crippen molar-refractivity contribution in [3.8, 4) is 0 Å². The lowest BCUT2D eigenvalue weighted by molar-refractivity contribution is -0.0243. The number of ether oxygens (including phenoxy) is 1. The lowest BCUT2D eigenvalue weighted by Crippen LogP contribution is -2.29. The molecule has 0 amide bonds. The average Bonchev–Trinajstić information content (AvgIpc) is 1.87. The summed E-state index contributed by atoms with van der Waals surface area (Å²) in [4.78, 5) is 0. The Hall–Kier alpha value is -0.150. The van der Waals surface area contributed by atoms with Crippen molar-refractivity contribution in [1.82, 2.24) is 0 Å². The van der Waals surface area contributed by atoms with Crippen LogP contribution in [0.2, 0.25) is 0 Å². The Morgan fingerprint density at radius 1 is 1.60 bits per heavy atom. The molecule has 0 spiro atoms. The molecular weight excluding hydrogens is 135 g/mol. The second kappa shape index (κ2) is 3.88. The van der Waals surface area contributed by atoms with Crippen LogP contribution >= 0.6 is 0 Å². The number of hydrogen-bond donors (Lipinski definition) is 1. The Morgan fingerprint density at radius 3 is 2.40 bits per heavy atom. The molecule has 0 rings (SSSR count). The number of aliphatic hydroxyl groups is 1. The van der Waals surface area contributed by atoms with E-state index < -0.39 is 18.4 Å². The van der Waals surface area contributed by atoms with E-state index in [1.54, 1.807) is 7.11 Å². The highest BCUT2D eigenvalue weighted by Crippen LogP contribution is 2.15. The highest BCUT2D eigenvalue weighted by molar-refractivity contribution is 4.72. The first-order chi connectivity index (χ1) is 4.52. The molecule has 2 nitrogen and oxygen atoms in total. The van der Waals surface area contributed by atoms with Gasteiger partial charge in [-0.2, -0.15) is 0 Å². The predicted octanol–water partition coefficient (Wildman–Crippen LogP) is 1.13. The van der Waals surface area contributed by atoms with Gasteiger partial charge in [0.1, 0.15) is 6.67 Å². The third-order valence-corrected chi connectivity index (χ3v) is 1.46. The number of methoxy groups -OCH3 is 1. The molecule has 1 atom stereocenters. The zero-order valence-corrected chi connectivity index (χ0v) is 6.72. The summed E-state index contributed by atoms with van der Waals surface area (Å²) in [6.07, 6.45) is -0.560. The van der Waals surface area contributed by atoms with Crippen LogP contribution in [-0.4, -0.2) is 30.6 Å². The zero-order valence-electron chi connectivity index (χ0n) is 6.72. The molecule has 0 aromatic carbocycles. The van der Waals surface area contributed by atoms with E-state index in [-0.39, 0.29) is 0 Å². The van der Waals surface area contributed by atoms with Crippen LogP contribution in [0.1, 0.15) is 20.3 Å². The Labute approximate surface area is 61.0 Å². The average molecular weight is 150 g/mol. The second-order valence-electron chi connectivity index (χ2n) is 2.98. The maximum absolute atomic E-state index is 11.7. The van der Waals surface area contributed by atoms with Crippen molar-refractivity contribution >= 4 is 0 Å². The number of alkyl halides is 1. The van der Waals surface area contributed by atoms with Gasteiger partial charge in [-0.3, -0.25) is 0 Å². The van der Waals surface area contributed by atoms with E-state index in [1.807, 2.05) is 13.8 Å². The first kappa shape index (κ1) is 9.85. The fourth-order valence-corrected chi connectivity index (χ4v) is 0.705. The molecule has 1 unspecified atom stereocenters. The molecule has 0 radical (unpaired) electrons. The Balaban J connectivity index is 3.64. The van der Waals surface area contributed by atoms with E-state index in [2.05, 4.69) is 0 Å². The summed E-state index contributed by atoms with van der Waals surface area (Å²) >= 11 is 0. The van der Waals surface area contributed by atoms with E-state index in [1.165, 1.54) is 0 Å². The van der Waals surface area contributed by atoms with Crippen LogP contribution in [0, 0.1) is 0 Å². The topological polar surface area (TPSA) is 29.5 Å². The summed E-state index contributed by atoms with van der Waals surface area (Å²) in [5.74, 6) is 0. The van der Waals surface area contributed by atoms with Gasteiger partial charge < -0.3 is 9.84 Å². The van der Waals surface area contributed by atoms with Gasteiger partial charge in [-0.25, -0.2) is 4.39 Å². The van der Waals surface area contributed by atoms with Gasteiger partial charge in [0.15, 0.2) is 0 Å². The van der Waals surface area contributed by atoms with Crippen molar-refractivity contribution < 1.29 is 14.2 Å². The fraction of sp³-hybridized carbons (Fsp3) is 1.00. The van der Waals surface area contributed by atoms with Crippen LogP contribution in [-0.2, 0) is 4.74 Å². The van der Waals surface area contributed by atoms with E-state index >= 15 is 0 Å². The second-order valence-corrected chi connectivity index (χ2v) is 2.98. The SMILES string of the molecule is COC(C)(C)CC(O)CF. The van der Waals surface area contributed by atoms with Gasteiger partial charge >= 0.3 is 0 Å². The van der Waals surface area contributed by atoms with Crippen molar-refractivity contribution in [2.45, 2.75) is 32.0 Å². The fourth-order valence-electron chi connectivity index (χ4n) is 0.705. The molecule has 0 heterocycles. The zero-order chi connectivity index (χ0) is 8.20. The Bertz CT molecular complexity index is 93.6. The third kappa shape index (κ3) is 3.80. The highest BCUT2D eigenvalue weighted by Gasteiger charge is 2.20. The molecule has 10 heavy (non-hydrogen) atoms.